The maximum absolute atomic E-state index is 12.3. The van der Waals surface area contributed by atoms with Crippen LogP contribution < -0.4 is 4.74 Å². The van der Waals surface area contributed by atoms with Crippen LogP contribution >= 0.6 is 0 Å². The number of hydrogen-bond acceptors (Lipinski definition) is 4. The smallest absolute Gasteiger partial charge is 0.260 e. The number of nitrogens with zero attached hydrogens (tertiary/aromatic N) is 2. The van der Waals surface area contributed by atoms with Gasteiger partial charge in [-0.05, 0) is 38.5 Å². The Hall–Kier alpha value is -2.34. The standard InChI is InChI=1S/C18H23N3O3/c1-12-3-5-16(6-4-12)24-11-18(23)21-9-14(17(22)10-21)8-15-7-13(2)19-20-15/h3-7,14,17,22H,8-11H2,1-2H3,(H,19,20). The Bertz CT molecular complexity index is 696. The SMILES string of the molecule is Cc1ccc(OCC(=O)N2CC(O)C(Cc3cc(C)[nH]n3)C2)cc1. The molecule has 2 aromatic rings. The second-order valence-corrected chi connectivity index (χ2v) is 6.47. The van der Waals surface area contributed by atoms with E-state index in [0.717, 1.165) is 17.0 Å². The maximum Gasteiger partial charge on any atom is 0.260 e. The monoisotopic (exact) mass is 329 g/mol. The van der Waals surface area contributed by atoms with Crippen molar-refractivity contribution in [2.45, 2.75) is 26.4 Å². The van der Waals surface area contributed by atoms with E-state index in [0.29, 0.717) is 25.3 Å². The minimum absolute atomic E-state index is 0.00991. The molecule has 0 bridgehead atoms. The zero-order chi connectivity index (χ0) is 17.1. The lowest BCUT2D eigenvalue weighted by Gasteiger charge is -2.16. The molecular formula is C18H23N3O3. The zero-order valence-corrected chi connectivity index (χ0v) is 14.0. The molecule has 0 radical (unpaired) electrons. The van der Waals surface area contributed by atoms with Gasteiger partial charge in [0.25, 0.3) is 5.91 Å². The first-order valence-electron chi connectivity index (χ1n) is 8.17. The van der Waals surface area contributed by atoms with Crippen molar-refractivity contribution in [3.05, 3.63) is 47.3 Å². The van der Waals surface area contributed by atoms with Gasteiger partial charge in [0.05, 0.1) is 11.8 Å². The minimum atomic E-state index is -0.523. The van der Waals surface area contributed by atoms with Crippen molar-refractivity contribution < 1.29 is 14.6 Å². The van der Waals surface area contributed by atoms with Crippen LogP contribution in [0.5, 0.6) is 5.75 Å². The fraction of sp³-hybridized carbons (Fsp3) is 0.444. The quantitative estimate of drug-likeness (QED) is 0.871. The highest BCUT2D eigenvalue weighted by molar-refractivity contribution is 5.78. The Morgan fingerprint density at radius 1 is 1.33 bits per heavy atom. The van der Waals surface area contributed by atoms with E-state index in [9.17, 15) is 9.90 Å². The second-order valence-electron chi connectivity index (χ2n) is 6.47. The molecule has 3 rings (SSSR count). The van der Waals surface area contributed by atoms with Crippen molar-refractivity contribution in [3.63, 3.8) is 0 Å². The van der Waals surface area contributed by atoms with Crippen molar-refractivity contribution in [2.75, 3.05) is 19.7 Å². The molecule has 1 aromatic carbocycles. The summed E-state index contributed by atoms with van der Waals surface area (Å²) in [7, 11) is 0. The van der Waals surface area contributed by atoms with E-state index >= 15 is 0 Å². The lowest BCUT2D eigenvalue weighted by atomic mass is 10.0. The van der Waals surface area contributed by atoms with Crippen LogP contribution in [0.4, 0.5) is 0 Å². The molecule has 2 unspecified atom stereocenters. The van der Waals surface area contributed by atoms with Crippen LogP contribution in [0.1, 0.15) is 17.0 Å². The van der Waals surface area contributed by atoms with Gasteiger partial charge in [-0.3, -0.25) is 9.89 Å². The Balaban J connectivity index is 1.51. The van der Waals surface area contributed by atoms with Crippen molar-refractivity contribution >= 4 is 5.91 Å². The van der Waals surface area contributed by atoms with Crippen LogP contribution in [0.25, 0.3) is 0 Å². The summed E-state index contributed by atoms with van der Waals surface area (Å²) in [5.74, 6) is 0.587. The lowest BCUT2D eigenvalue weighted by Crippen LogP contribution is -2.33. The molecule has 1 aliphatic rings. The third-order valence-corrected chi connectivity index (χ3v) is 4.37. The highest BCUT2D eigenvalue weighted by Crippen LogP contribution is 2.21. The van der Waals surface area contributed by atoms with Gasteiger partial charge in [0.2, 0.25) is 0 Å². The number of rotatable bonds is 5. The average molecular weight is 329 g/mol. The van der Waals surface area contributed by atoms with Crippen LogP contribution in [0, 0.1) is 19.8 Å². The second kappa shape index (κ2) is 7.05. The van der Waals surface area contributed by atoms with Crippen LogP contribution in [-0.4, -0.2) is 51.9 Å². The molecule has 1 aliphatic heterocycles. The number of ether oxygens (including phenoxy) is 1. The van der Waals surface area contributed by atoms with Gasteiger partial charge in [-0.25, -0.2) is 0 Å². The number of nitrogens with one attached hydrogen (secondary N) is 1. The van der Waals surface area contributed by atoms with E-state index in [1.165, 1.54) is 0 Å². The summed E-state index contributed by atoms with van der Waals surface area (Å²) in [5.41, 5.74) is 3.06. The summed E-state index contributed by atoms with van der Waals surface area (Å²) in [5, 5.41) is 17.3. The zero-order valence-electron chi connectivity index (χ0n) is 14.0. The molecule has 128 valence electrons. The van der Waals surface area contributed by atoms with Crippen molar-refractivity contribution in [3.8, 4) is 5.75 Å². The number of aliphatic hydroxyl groups is 1. The van der Waals surface area contributed by atoms with Crippen molar-refractivity contribution in [2.24, 2.45) is 5.92 Å². The Morgan fingerprint density at radius 2 is 2.08 bits per heavy atom. The van der Waals surface area contributed by atoms with Gasteiger partial charge in [-0.1, -0.05) is 17.7 Å². The molecule has 2 N–H and O–H groups in total. The Kier molecular flexibility index (Phi) is 4.85. The summed E-state index contributed by atoms with van der Waals surface area (Å²) in [6, 6.07) is 9.56. The van der Waals surface area contributed by atoms with E-state index < -0.39 is 6.10 Å². The summed E-state index contributed by atoms with van der Waals surface area (Å²) in [6.07, 6.45) is 0.138. The van der Waals surface area contributed by atoms with Crippen LogP contribution in [0.2, 0.25) is 0 Å². The fourth-order valence-electron chi connectivity index (χ4n) is 2.98. The lowest BCUT2D eigenvalue weighted by molar-refractivity contribution is -0.132. The summed E-state index contributed by atoms with van der Waals surface area (Å²) >= 11 is 0. The van der Waals surface area contributed by atoms with Crippen LogP contribution in [-0.2, 0) is 11.2 Å². The van der Waals surface area contributed by atoms with Gasteiger partial charge < -0.3 is 14.7 Å². The number of benzene rings is 1. The van der Waals surface area contributed by atoms with E-state index in [2.05, 4.69) is 10.2 Å². The van der Waals surface area contributed by atoms with Gasteiger partial charge >= 0.3 is 0 Å². The molecule has 6 nitrogen and oxygen atoms in total. The number of amides is 1. The maximum atomic E-state index is 12.3. The third kappa shape index (κ3) is 3.94. The number of aromatic nitrogens is 2. The number of β-amino-alcohol motifs (C(OH)–C–C–N with tert-alkyl or cyclic N) is 1. The molecule has 1 amide bonds. The first-order chi connectivity index (χ1) is 11.5. The van der Waals surface area contributed by atoms with E-state index in [1.807, 2.05) is 44.2 Å². The molecule has 0 aliphatic carbocycles. The molecule has 6 heteroatoms. The van der Waals surface area contributed by atoms with Gasteiger partial charge in [0.15, 0.2) is 6.61 Å². The molecule has 1 aromatic heterocycles. The highest BCUT2D eigenvalue weighted by Gasteiger charge is 2.34. The van der Waals surface area contributed by atoms with Gasteiger partial charge in [-0.15, -0.1) is 0 Å². The first-order valence-corrected chi connectivity index (χ1v) is 8.17. The molecule has 24 heavy (non-hydrogen) atoms. The predicted octanol–water partition coefficient (Wildman–Crippen LogP) is 1.47. The van der Waals surface area contributed by atoms with E-state index in [1.54, 1.807) is 4.90 Å². The molecular weight excluding hydrogens is 306 g/mol. The van der Waals surface area contributed by atoms with Crippen molar-refractivity contribution in [1.82, 2.24) is 15.1 Å². The number of aryl methyl sites for hydroxylation is 2. The molecule has 1 saturated heterocycles. The number of H-pyrrole nitrogens is 1. The summed E-state index contributed by atoms with van der Waals surface area (Å²) in [4.78, 5) is 14.0. The van der Waals surface area contributed by atoms with Crippen molar-refractivity contribution in [1.29, 1.82) is 0 Å². The molecule has 1 fully saturated rings. The summed E-state index contributed by atoms with van der Waals surface area (Å²) < 4.78 is 5.54. The number of carbonyl (C=O) groups excluding carboxylic acids is 1. The molecule has 2 heterocycles. The molecule has 2 atom stereocenters. The topological polar surface area (TPSA) is 78.5 Å². The number of aromatic amines is 1. The number of likely N-dealkylation sites (tertiary alicyclic amines) is 1. The minimum Gasteiger partial charge on any atom is -0.484 e. The summed E-state index contributed by atoms with van der Waals surface area (Å²) in [6.45, 7) is 4.82. The predicted molar refractivity (Wildman–Crippen MR) is 89.8 cm³/mol. The average Bonchev–Trinajstić information content (AvgIpc) is 3.13. The van der Waals surface area contributed by atoms with Crippen LogP contribution in [0.15, 0.2) is 30.3 Å². The van der Waals surface area contributed by atoms with E-state index in [-0.39, 0.29) is 18.4 Å². The first kappa shape index (κ1) is 16.5. The molecule has 0 saturated carbocycles. The molecule has 0 spiro atoms. The Morgan fingerprint density at radius 3 is 2.75 bits per heavy atom. The van der Waals surface area contributed by atoms with Crippen LogP contribution in [0.3, 0.4) is 0 Å². The normalized spacial score (nSPS) is 20.4. The Labute approximate surface area is 141 Å². The van der Waals surface area contributed by atoms with Gasteiger partial charge in [0, 0.05) is 24.7 Å². The third-order valence-electron chi connectivity index (χ3n) is 4.37. The largest absolute Gasteiger partial charge is 0.484 e. The van der Waals surface area contributed by atoms with E-state index in [4.69, 9.17) is 4.74 Å². The van der Waals surface area contributed by atoms with Gasteiger partial charge in [0.1, 0.15) is 5.75 Å². The van der Waals surface area contributed by atoms with Gasteiger partial charge in [-0.2, -0.15) is 5.10 Å². The number of aliphatic hydroxyl groups excluding tert-OH is 1. The fourth-order valence-corrected chi connectivity index (χ4v) is 2.98. The highest BCUT2D eigenvalue weighted by atomic mass is 16.5. The number of hydrogen-bond donors (Lipinski definition) is 2. The number of carbonyl (C=O) groups is 1.